The molecule has 0 saturated heterocycles. The number of ether oxygens (including phenoxy) is 1. The van der Waals surface area contributed by atoms with E-state index >= 15 is 8.78 Å². The highest BCUT2D eigenvalue weighted by Gasteiger charge is 2.47. The molecule has 11 heteroatoms. The van der Waals surface area contributed by atoms with Crippen LogP contribution in [0.5, 0.6) is 5.88 Å². The van der Waals surface area contributed by atoms with Crippen LogP contribution in [0, 0.1) is 30.3 Å². The lowest BCUT2D eigenvalue weighted by atomic mass is 10.0. The van der Waals surface area contributed by atoms with Gasteiger partial charge in [0.05, 0.1) is 22.3 Å². The average Bonchev–Trinajstić information content (AvgIpc) is 3.68. The van der Waals surface area contributed by atoms with Crippen molar-refractivity contribution < 1.29 is 36.6 Å². The van der Waals surface area contributed by atoms with E-state index in [2.05, 4.69) is 9.97 Å². The third kappa shape index (κ3) is 5.67. The second-order valence-electron chi connectivity index (χ2n) is 10.6. The number of carbonyl (C=O) groups is 1. The largest absolute Gasteiger partial charge is 0.478 e. The van der Waals surface area contributed by atoms with Gasteiger partial charge in [0, 0.05) is 35.6 Å². The first kappa shape index (κ1) is 28.3. The monoisotopic (exact) mass is 593 g/mol. The molecule has 0 aliphatic heterocycles. The van der Waals surface area contributed by atoms with Crippen LogP contribution < -0.4 is 4.74 Å². The maximum Gasteiger partial charge on any atom is 0.335 e. The van der Waals surface area contributed by atoms with Gasteiger partial charge in [-0.05, 0) is 66.9 Å². The molecule has 1 saturated carbocycles. The Kier molecular flexibility index (Phi) is 7.33. The quantitative estimate of drug-likeness (QED) is 0.179. The zero-order chi connectivity index (χ0) is 30.4. The molecule has 2 atom stereocenters. The van der Waals surface area contributed by atoms with Gasteiger partial charge in [0.2, 0.25) is 12.3 Å². The van der Waals surface area contributed by atoms with Crippen LogP contribution in [0.25, 0.3) is 22.3 Å². The van der Waals surface area contributed by atoms with Crippen molar-refractivity contribution in [3.05, 3.63) is 112 Å². The normalized spacial score (nSPS) is 16.2. The summed E-state index contributed by atoms with van der Waals surface area (Å²) >= 11 is 0. The molecule has 2 heterocycles. The van der Waals surface area contributed by atoms with Crippen LogP contribution in [0.4, 0.5) is 22.0 Å². The Labute approximate surface area is 242 Å². The Morgan fingerprint density at radius 3 is 2.49 bits per heavy atom. The van der Waals surface area contributed by atoms with E-state index in [1.165, 1.54) is 41.0 Å². The van der Waals surface area contributed by atoms with Gasteiger partial charge in [-0.3, -0.25) is 0 Å². The van der Waals surface area contributed by atoms with Gasteiger partial charge >= 0.3 is 5.97 Å². The highest BCUT2D eigenvalue weighted by Crippen LogP contribution is 2.49. The lowest BCUT2D eigenvalue weighted by Gasteiger charge is -2.12. The van der Waals surface area contributed by atoms with E-state index in [-0.39, 0.29) is 53.5 Å². The number of nitrogens with zero attached hydrogens (tertiary/aromatic N) is 3. The van der Waals surface area contributed by atoms with Crippen LogP contribution in [-0.2, 0) is 13.0 Å². The third-order valence-electron chi connectivity index (χ3n) is 7.54. The summed E-state index contributed by atoms with van der Waals surface area (Å²) < 4.78 is 79.1. The number of aryl methyl sites for hydroxylation is 1. The number of aromatic carboxylic acids is 1. The summed E-state index contributed by atoms with van der Waals surface area (Å²) in [5.74, 6) is -3.80. The van der Waals surface area contributed by atoms with Crippen molar-refractivity contribution in [2.24, 2.45) is 5.92 Å². The molecule has 0 spiro atoms. The van der Waals surface area contributed by atoms with Gasteiger partial charge in [-0.15, -0.1) is 0 Å². The van der Waals surface area contributed by atoms with E-state index in [9.17, 15) is 23.1 Å². The first-order valence-corrected chi connectivity index (χ1v) is 13.4. The van der Waals surface area contributed by atoms with Gasteiger partial charge in [0.1, 0.15) is 29.9 Å². The molecule has 0 unspecified atom stereocenters. The Morgan fingerprint density at radius 1 is 0.977 bits per heavy atom. The Bertz CT molecular complexity index is 1870. The molecule has 6 rings (SSSR count). The summed E-state index contributed by atoms with van der Waals surface area (Å²) in [7, 11) is 0. The van der Waals surface area contributed by atoms with Crippen LogP contribution in [0.15, 0.2) is 66.7 Å². The Balaban J connectivity index is 1.29. The molecule has 43 heavy (non-hydrogen) atoms. The summed E-state index contributed by atoms with van der Waals surface area (Å²) in [4.78, 5) is 20.2. The van der Waals surface area contributed by atoms with Gasteiger partial charge < -0.3 is 14.4 Å². The number of halogens is 5. The molecular weight excluding hydrogens is 569 g/mol. The van der Waals surface area contributed by atoms with Gasteiger partial charge in [-0.1, -0.05) is 18.2 Å². The van der Waals surface area contributed by atoms with E-state index in [0.29, 0.717) is 16.6 Å². The lowest BCUT2D eigenvalue weighted by molar-refractivity contribution is 0.0697. The smallest absolute Gasteiger partial charge is 0.335 e. The highest BCUT2D eigenvalue weighted by molar-refractivity contribution is 5.92. The van der Waals surface area contributed by atoms with Crippen LogP contribution in [-0.4, -0.2) is 32.0 Å². The number of alkyl halides is 2. The van der Waals surface area contributed by atoms with Crippen molar-refractivity contribution in [1.29, 1.82) is 0 Å². The number of carboxylic acid groups (broad SMARTS) is 1. The number of rotatable bonds is 9. The Morgan fingerprint density at radius 2 is 1.77 bits per heavy atom. The molecule has 0 amide bonds. The minimum atomic E-state index is -2.59. The van der Waals surface area contributed by atoms with Crippen LogP contribution in [0.1, 0.15) is 45.3 Å². The molecule has 3 aromatic carbocycles. The van der Waals surface area contributed by atoms with Gasteiger partial charge in [-0.25, -0.2) is 36.7 Å². The molecule has 0 radical (unpaired) electrons. The van der Waals surface area contributed by atoms with Crippen molar-refractivity contribution in [2.45, 2.75) is 38.8 Å². The van der Waals surface area contributed by atoms with Gasteiger partial charge in [0.25, 0.3) is 0 Å². The summed E-state index contributed by atoms with van der Waals surface area (Å²) in [6, 6.07) is 14.8. The second-order valence-corrected chi connectivity index (χ2v) is 10.6. The van der Waals surface area contributed by atoms with E-state index in [1.54, 1.807) is 25.1 Å². The number of hydrogen-bond donors (Lipinski definition) is 1. The van der Waals surface area contributed by atoms with E-state index in [1.807, 2.05) is 0 Å². The van der Waals surface area contributed by atoms with Crippen molar-refractivity contribution in [3.63, 3.8) is 0 Å². The van der Waals surface area contributed by atoms with Crippen molar-refractivity contribution in [2.75, 3.05) is 0 Å². The van der Waals surface area contributed by atoms with Crippen LogP contribution >= 0.6 is 0 Å². The maximum atomic E-state index is 15.4. The van der Waals surface area contributed by atoms with E-state index in [0.717, 1.165) is 17.7 Å². The maximum absolute atomic E-state index is 15.4. The molecule has 220 valence electrons. The number of hydrogen-bond acceptors (Lipinski definition) is 4. The first-order valence-electron chi connectivity index (χ1n) is 13.4. The summed E-state index contributed by atoms with van der Waals surface area (Å²) in [5, 5.41) is 9.41. The topological polar surface area (TPSA) is 77.2 Å². The Hall–Kier alpha value is -4.80. The number of fused-ring (bicyclic) bond motifs is 1. The minimum Gasteiger partial charge on any atom is -0.478 e. The molecule has 1 fully saturated rings. The summed E-state index contributed by atoms with van der Waals surface area (Å²) in [6.07, 6.45) is -2.65. The number of imidazole rings is 1. The highest BCUT2D eigenvalue weighted by atomic mass is 19.3. The molecule has 5 aromatic rings. The number of benzene rings is 3. The SMILES string of the molecule is Cc1ccc(COc2cccc(-c3cc(F)c(Cc4nc5ccc(C(=O)O)cc5n4[C@@H]4C[C@H]4C(F)F)cc3F)n2)c(F)c1. The molecule has 0 bridgehead atoms. The van der Waals surface area contributed by atoms with Crippen molar-refractivity contribution in [3.8, 4) is 17.1 Å². The predicted molar refractivity (Wildman–Crippen MR) is 148 cm³/mol. The van der Waals surface area contributed by atoms with Crippen molar-refractivity contribution >= 4 is 17.0 Å². The number of carboxylic acids is 1. The molecular formula is C32H24F5N3O3. The molecule has 6 nitrogen and oxygen atoms in total. The summed E-state index contributed by atoms with van der Waals surface area (Å²) in [6.45, 7) is 1.65. The van der Waals surface area contributed by atoms with Gasteiger partial charge in [-0.2, -0.15) is 0 Å². The summed E-state index contributed by atoms with van der Waals surface area (Å²) in [5.41, 5.74) is 1.64. The fourth-order valence-corrected chi connectivity index (χ4v) is 5.20. The molecule has 1 aliphatic carbocycles. The third-order valence-corrected chi connectivity index (χ3v) is 7.54. The molecule has 2 aromatic heterocycles. The zero-order valence-corrected chi connectivity index (χ0v) is 22.7. The number of pyridine rings is 1. The van der Waals surface area contributed by atoms with Crippen LogP contribution in [0.2, 0.25) is 0 Å². The standard InChI is InChI=1S/C32H24F5N3O3/c1-16-5-6-18(22(33)9-16)15-43-30-4-2-3-25(39-30)20-13-23(34)19(10-24(20)35)12-29-38-26-8-7-17(32(41)42)11-28(26)40(29)27-14-21(27)31(36)37/h2-11,13,21,27,31H,12,14-15H2,1H3,(H,41,42)/t21-,27-/m1/s1. The van der Waals surface area contributed by atoms with E-state index < -0.39 is 41.8 Å². The first-order chi connectivity index (χ1) is 20.6. The minimum absolute atomic E-state index is 0.0428. The average molecular weight is 594 g/mol. The van der Waals surface area contributed by atoms with E-state index in [4.69, 9.17) is 4.74 Å². The fraction of sp³-hybridized carbons (Fsp3) is 0.219. The molecule has 1 aliphatic rings. The lowest BCUT2D eigenvalue weighted by Crippen LogP contribution is -2.08. The zero-order valence-electron chi connectivity index (χ0n) is 22.7. The van der Waals surface area contributed by atoms with Crippen LogP contribution in [0.3, 0.4) is 0 Å². The molecule has 1 N–H and O–H groups in total. The second kappa shape index (κ2) is 11.1. The van der Waals surface area contributed by atoms with Gasteiger partial charge in [0.15, 0.2) is 0 Å². The fourth-order valence-electron chi connectivity index (χ4n) is 5.20. The van der Waals surface area contributed by atoms with Crippen molar-refractivity contribution in [1.82, 2.24) is 14.5 Å². The predicted octanol–water partition coefficient (Wildman–Crippen LogP) is 7.52. The number of aromatic nitrogens is 3.